The highest BCUT2D eigenvalue weighted by atomic mass is 15.1. The normalized spacial score (nSPS) is 10.9. The van der Waals surface area contributed by atoms with Crippen molar-refractivity contribution in [3.63, 3.8) is 0 Å². The number of rotatable bonds is 9. The quantitative estimate of drug-likeness (QED) is 0.143. The molecule has 0 N–H and O–H groups in total. The largest absolute Gasteiger partial charge is 0.310 e. The van der Waals surface area contributed by atoms with Crippen LogP contribution in [-0.2, 0) is 0 Å². The van der Waals surface area contributed by atoms with E-state index in [9.17, 15) is 15.8 Å². The number of nitrogens with zero attached hydrogens (tertiary/aromatic N) is 7. The Labute approximate surface area is 393 Å². The lowest BCUT2D eigenvalue weighted by Gasteiger charge is -2.25. The summed E-state index contributed by atoms with van der Waals surface area (Å²) in [4.78, 5) is 12.1. The van der Waals surface area contributed by atoms with Crippen molar-refractivity contribution in [2.45, 2.75) is 0 Å². The molecule has 0 unspecified atom stereocenters. The maximum Gasteiger partial charge on any atom is 0.161 e. The second-order valence-corrected chi connectivity index (χ2v) is 16.3. The number of aromatic nitrogens is 3. The Morgan fingerprint density at radius 3 is 1.59 bits per heavy atom. The maximum atomic E-state index is 10.5. The van der Waals surface area contributed by atoms with Gasteiger partial charge in [-0.2, -0.15) is 15.8 Å². The van der Waals surface area contributed by atoms with Crippen molar-refractivity contribution in [1.29, 1.82) is 15.8 Å². The SMILES string of the molecule is N#Cc1cc(-c2ccc(-c3cc(-c4ccccc4C#N)nc(-c4ccccc4C#N)n3)cc2)ccc1-c1ccc(-n2c3ccccc3c3cc(N(c4ccccc4)c4ccccc4)ccc32)cc1. The van der Waals surface area contributed by atoms with E-state index in [1.807, 2.05) is 91.0 Å². The van der Waals surface area contributed by atoms with Gasteiger partial charge in [0.25, 0.3) is 0 Å². The fourth-order valence-corrected chi connectivity index (χ4v) is 9.10. The average Bonchev–Trinajstić information content (AvgIpc) is 3.75. The van der Waals surface area contributed by atoms with Crippen LogP contribution in [0.1, 0.15) is 16.7 Å². The van der Waals surface area contributed by atoms with Gasteiger partial charge in [0.05, 0.1) is 57.3 Å². The van der Waals surface area contributed by atoms with Crippen LogP contribution in [0.5, 0.6) is 0 Å². The molecule has 0 saturated heterocycles. The third-order valence-corrected chi connectivity index (χ3v) is 12.4. The molecule has 2 aromatic heterocycles. The molecular weight excluding hydrogens is 831 g/mol. The minimum atomic E-state index is 0.396. The fraction of sp³-hybridized carbons (Fsp3) is 0. The van der Waals surface area contributed by atoms with E-state index in [1.54, 1.807) is 12.1 Å². The number of benzene rings is 9. The summed E-state index contributed by atoms with van der Waals surface area (Å²) in [6, 6.07) is 82.1. The van der Waals surface area contributed by atoms with E-state index in [-0.39, 0.29) is 0 Å². The second kappa shape index (κ2) is 17.6. The van der Waals surface area contributed by atoms with Gasteiger partial charge in [-0.05, 0) is 113 Å². The summed E-state index contributed by atoms with van der Waals surface area (Å²) in [5, 5.41) is 32.6. The zero-order valence-corrected chi connectivity index (χ0v) is 36.5. The zero-order chi connectivity index (χ0) is 46.0. The zero-order valence-electron chi connectivity index (χ0n) is 36.5. The van der Waals surface area contributed by atoms with E-state index < -0.39 is 0 Å². The number of para-hydroxylation sites is 3. The molecule has 316 valence electrons. The Balaban J connectivity index is 0.908. The van der Waals surface area contributed by atoms with Gasteiger partial charge in [0, 0.05) is 50.2 Å². The summed E-state index contributed by atoms with van der Waals surface area (Å²) in [5.41, 5.74) is 15.0. The molecule has 68 heavy (non-hydrogen) atoms. The highest BCUT2D eigenvalue weighted by Gasteiger charge is 2.19. The molecule has 0 radical (unpaired) electrons. The van der Waals surface area contributed by atoms with Gasteiger partial charge in [-0.3, -0.25) is 0 Å². The predicted octanol–water partition coefficient (Wildman–Crippen LogP) is 15.0. The second-order valence-electron chi connectivity index (χ2n) is 16.3. The monoisotopic (exact) mass is 867 g/mol. The molecule has 0 aliphatic heterocycles. The molecule has 0 atom stereocenters. The van der Waals surface area contributed by atoms with Crippen LogP contribution < -0.4 is 4.90 Å². The smallest absolute Gasteiger partial charge is 0.161 e. The minimum absolute atomic E-state index is 0.396. The van der Waals surface area contributed by atoms with Gasteiger partial charge in [-0.25, -0.2) is 9.97 Å². The van der Waals surface area contributed by atoms with Crippen molar-refractivity contribution in [2.24, 2.45) is 0 Å². The molecule has 0 bridgehead atoms. The maximum absolute atomic E-state index is 10.5. The molecule has 7 heteroatoms. The number of hydrogen-bond donors (Lipinski definition) is 0. The highest BCUT2D eigenvalue weighted by Crippen LogP contribution is 2.40. The minimum Gasteiger partial charge on any atom is -0.310 e. The number of anilines is 3. The highest BCUT2D eigenvalue weighted by molar-refractivity contribution is 6.10. The third-order valence-electron chi connectivity index (χ3n) is 12.4. The lowest BCUT2D eigenvalue weighted by atomic mass is 9.94. The van der Waals surface area contributed by atoms with Crippen molar-refractivity contribution in [3.8, 4) is 80.1 Å². The van der Waals surface area contributed by atoms with E-state index >= 15 is 0 Å². The van der Waals surface area contributed by atoms with Gasteiger partial charge in [0.15, 0.2) is 5.82 Å². The first-order valence-corrected chi connectivity index (χ1v) is 22.2. The summed E-state index contributed by atoms with van der Waals surface area (Å²) in [5.74, 6) is 0.396. The first-order valence-electron chi connectivity index (χ1n) is 22.2. The van der Waals surface area contributed by atoms with Gasteiger partial charge >= 0.3 is 0 Å². The van der Waals surface area contributed by atoms with E-state index in [1.165, 1.54) is 5.39 Å². The lowest BCUT2D eigenvalue weighted by Crippen LogP contribution is -2.09. The Morgan fingerprint density at radius 2 is 0.897 bits per heavy atom. The summed E-state index contributed by atoms with van der Waals surface area (Å²) < 4.78 is 2.31. The van der Waals surface area contributed by atoms with E-state index in [4.69, 9.17) is 9.97 Å². The first-order chi connectivity index (χ1) is 33.6. The standard InChI is InChI=1S/C61H37N7/c62-38-45-13-7-9-19-53(45)58-37-57(65-61(66-58)54-20-10-8-14-46(54)39-63)43-25-23-41(24-26-43)44-29-33-52(47(35-44)40-64)42-27-30-50(31-28-42)68-59-22-12-11-21-55(59)56-36-51(32-34-60(56)68)67(48-15-3-1-4-16-48)49-17-5-2-6-18-49/h1-37H. The predicted molar refractivity (Wildman–Crippen MR) is 272 cm³/mol. The van der Waals surface area contributed by atoms with Gasteiger partial charge in [-0.15, -0.1) is 0 Å². The third kappa shape index (κ3) is 7.47. The average molecular weight is 868 g/mol. The molecule has 0 saturated carbocycles. The van der Waals surface area contributed by atoms with E-state index in [0.29, 0.717) is 45.0 Å². The number of fused-ring (bicyclic) bond motifs is 3. The molecule has 0 aliphatic carbocycles. The molecule has 0 spiro atoms. The molecule has 0 aliphatic rings. The fourth-order valence-electron chi connectivity index (χ4n) is 9.10. The van der Waals surface area contributed by atoms with E-state index in [0.717, 1.165) is 67.0 Å². The topological polar surface area (TPSA) is 105 Å². The molecule has 11 rings (SSSR count). The van der Waals surface area contributed by atoms with Crippen molar-refractivity contribution < 1.29 is 0 Å². The van der Waals surface area contributed by atoms with Crippen LogP contribution in [-0.4, -0.2) is 14.5 Å². The van der Waals surface area contributed by atoms with Gasteiger partial charge < -0.3 is 9.47 Å². The first kappa shape index (κ1) is 40.9. The van der Waals surface area contributed by atoms with Crippen molar-refractivity contribution in [2.75, 3.05) is 4.90 Å². The molecule has 0 fully saturated rings. The van der Waals surface area contributed by atoms with Crippen LogP contribution in [0.25, 0.3) is 83.6 Å². The summed E-state index contributed by atoms with van der Waals surface area (Å²) in [7, 11) is 0. The van der Waals surface area contributed by atoms with Crippen molar-refractivity contribution >= 4 is 38.9 Å². The van der Waals surface area contributed by atoms with Gasteiger partial charge in [-0.1, -0.05) is 133 Å². The summed E-state index contributed by atoms with van der Waals surface area (Å²) >= 11 is 0. The summed E-state index contributed by atoms with van der Waals surface area (Å²) in [6.45, 7) is 0. The lowest BCUT2D eigenvalue weighted by molar-refractivity contribution is 1.18. The Kier molecular flexibility index (Phi) is 10.6. The molecule has 11 aromatic rings. The van der Waals surface area contributed by atoms with Crippen LogP contribution in [0.3, 0.4) is 0 Å². The molecule has 9 aromatic carbocycles. The Hall–Kier alpha value is -9.87. The van der Waals surface area contributed by atoms with E-state index in [2.05, 4.69) is 149 Å². The van der Waals surface area contributed by atoms with Crippen LogP contribution >= 0.6 is 0 Å². The van der Waals surface area contributed by atoms with Crippen LogP contribution in [0.2, 0.25) is 0 Å². The number of nitriles is 3. The molecule has 7 nitrogen and oxygen atoms in total. The number of hydrogen-bond acceptors (Lipinski definition) is 6. The van der Waals surface area contributed by atoms with Gasteiger partial charge in [0.2, 0.25) is 0 Å². The molecule has 0 amide bonds. The van der Waals surface area contributed by atoms with Crippen molar-refractivity contribution in [3.05, 3.63) is 241 Å². The summed E-state index contributed by atoms with van der Waals surface area (Å²) in [6.07, 6.45) is 0. The Morgan fingerprint density at radius 1 is 0.353 bits per heavy atom. The van der Waals surface area contributed by atoms with Crippen LogP contribution in [0, 0.1) is 34.0 Å². The molecule has 2 heterocycles. The van der Waals surface area contributed by atoms with Crippen molar-refractivity contribution in [1.82, 2.24) is 14.5 Å². The van der Waals surface area contributed by atoms with Crippen LogP contribution in [0.4, 0.5) is 17.1 Å². The van der Waals surface area contributed by atoms with Crippen LogP contribution in [0.15, 0.2) is 224 Å². The molecular formula is C61H37N7. The Bertz CT molecular complexity index is 3700. The van der Waals surface area contributed by atoms with Gasteiger partial charge in [0.1, 0.15) is 0 Å².